The average Bonchev–Trinajstić information content (AvgIpc) is 2.78. The lowest BCUT2D eigenvalue weighted by atomic mass is 10.1. The van der Waals surface area contributed by atoms with E-state index in [1.54, 1.807) is 6.92 Å². The summed E-state index contributed by atoms with van der Waals surface area (Å²) < 4.78 is 5.36. The molecule has 2 rings (SSSR count). The summed E-state index contributed by atoms with van der Waals surface area (Å²) in [5.74, 6) is 0.154. The van der Waals surface area contributed by atoms with Gasteiger partial charge < -0.3 is 4.42 Å². The molecule has 0 fully saturated rings. The minimum Gasteiger partial charge on any atom is -0.403 e. The molecule has 1 aromatic heterocycles. The Morgan fingerprint density at radius 3 is 2.61 bits per heavy atom. The van der Waals surface area contributed by atoms with Crippen molar-refractivity contribution >= 4 is 27.9 Å². The predicted octanol–water partition coefficient (Wildman–Crippen LogP) is 2.77. The van der Waals surface area contributed by atoms with E-state index in [2.05, 4.69) is 31.4 Å². The maximum Gasteiger partial charge on any atom is 0.322 e. The molecule has 1 aromatic carbocycles. The predicted molar refractivity (Wildman–Crippen MR) is 71.5 cm³/mol. The number of amides is 1. The molecular weight excluding hydrogens is 298 g/mol. The minimum absolute atomic E-state index is 0.0990. The fraction of sp³-hybridized carbons (Fsp3) is 0.250. The van der Waals surface area contributed by atoms with Crippen molar-refractivity contribution in [2.24, 2.45) is 0 Å². The zero-order valence-corrected chi connectivity index (χ0v) is 11.6. The van der Waals surface area contributed by atoms with E-state index in [4.69, 9.17) is 4.42 Å². The third kappa shape index (κ3) is 2.95. The Morgan fingerprint density at radius 1 is 1.33 bits per heavy atom. The quantitative estimate of drug-likeness (QED) is 0.885. The lowest BCUT2D eigenvalue weighted by molar-refractivity contribution is -0.115. The summed E-state index contributed by atoms with van der Waals surface area (Å²) in [6.45, 7) is 3.72. The molecule has 1 N–H and O–H groups in total. The minimum atomic E-state index is -0.313. The molecule has 2 aromatic rings. The first-order chi connectivity index (χ1) is 8.56. The lowest BCUT2D eigenvalue weighted by Crippen LogP contribution is -2.19. The fourth-order valence-corrected chi connectivity index (χ4v) is 1.41. The largest absolute Gasteiger partial charge is 0.403 e. The van der Waals surface area contributed by atoms with E-state index in [9.17, 15) is 4.79 Å². The van der Waals surface area contributed by atoms with Crippen molar-refractivity contribution in [3.05, 3.63) is 29.8 Å². The fourth-order valence-electron chi connectivity index (χ4n) is 1.29. The van der Waals surface area contributed by atoms with Crippen molar-refractivity contribution in [3.63, 3.8) is 0 Å². The SMILES string of the molecule is Cc1ccc(-c2nnc(NC(=O)C(C)Br)o2)cc1. The number of benzene rings is 1. The number of carbonyl (C=O) groups excluding carboxylic acids is 1. The zero-order chi connectivity index (χ0) is 13.1. The Bertz CT molecular complexity index is 549. The molecule has 0 spiro atoms. The summed E-state index contributed by atoms with van der Waals surface area (Å²) >= 11 is 3.16. The number of nitrogens with one attached hydrogen (secondary N) is 1. The van der Waals surface area contributed by atoms with Gasteiger partial charge in [0, 0.05) is 5.56 Å². The maximum atomic E-state index is 11.4. The van der Waals surface area contributed by atoms with Crippen LogP contribution in [0.25, 0.3) is 11.5 Å². The maximum absolute atomic E-state index is 11.4. The van der Waals surface area contributed by atoms with Gasteiger partial charge in [0.25, 0.3) is 0 Å². The highest BCUT2D eigenvalue weighted by Gasteiger charge is 2.14. The van der Waals surface area contributed by atoms with Crippen LogP contribution in [0.5, 0.6) is 0 Å². The summed E-state index contributed by atoms with van der Waals surface area (Å²) in [6, 6.07) is 7.79. The van der Waals surface area contributed by atoms with Crippen LogP contribution in [0.1, 0.15) is 12.5 Å². The highest BCUT2D eigenvalue weighted by molar-refractivity contribution is 9.10. The van der Waals surface area contributed by atoms with Crippen LogP contribution in [0.3, 0.4) is 0 Å². The Kier molecular flexibility index (Phi) is 3.76. The third-order valence-corrected chi connectivity index (χ3v) is 2.73. The van der Waals surface area contributed by atoms with Crippen LogP contribution in [0.2, 0.25) is 0 Å². The van der Waals surface area contributed by atoms with Gasteiger partial charge in [0.05, 0.1) is 4.83 Å². The summed E-state index contributed by atoms with van der Waals surface area (Å²) in [7, 11) is 0. The van der Waals surface area contributed by atoms with E-state index < -0.39 is 0 Å². The van der Waals surface area contributed by atoms with Crippen molar-refractivity contribution in [3.8, 4) is 11.5 Å². The van der Waals surface area contributed by atoms with Crippen molar-refractivity contribution in [1.29, 1.82) is 0 Å². The van der Waals surface area contributed by atoms with Gasteiger partial charge in [0.15, 0.2) is 0 Å². The Labute approximate surface area is 113 Å². The molecule has 0 saturated heterocycles. The van der Waals surface area contributed by atoms with Crippen LogP contribution >= 0.6 is 15.9 Å². The highest BCUT2D eigenvalue weighted by Crippen LogP contribution is 2.20. The Balaban J connectivity index is 2.15. The first-order valence-corrected chi connectivity index (χ1v) is 6.33. The molecule has 1 amide bonds. The highest BCUT2D eigenvalue weighted by atomic mass is 79.9. The molecule has 1 heterocycles. The number of aryl methyl sites for hydroxylation is 1. The second-order valence-corrected chi connectivity index (χ2v) is 5.26. The second kappa shape index (κ2) is 5.30. The molecule has 0 radical (unpaired) electrons. The number of carbonyl (C=O) groups is 1. The molecule has 94 valence electrons. The van der Waals surface area contributed by atoms with Crippen LogP contribution in [-0.2, 0) is 4.79 Å². The Morgan fingerprint density at radius 2 is 2.00 bits per heavy atom. The smallest absolute Gasteiger partial charge is 0.322 e. The molecule has 1 atom stereocenters. The van der Waals surface area contributed by atoms with Crippen molar-refractivity contribution in [2.75, 3.05) is 5.32 Å². The summed E-state index contributed by atoms with van der Waals surface area (Å²) in [5, 5.41) is 10.2. The normalized spacial score (nSPS) is 12.2. The monoisotopic (exact) mass is 309 g/mol. The first kappa shape index (κ1) is 12.8. The van der Waals surface area contributed by atoms with Crippen LogP contribution in [0, 0.1) is 6.92 Å². The van der Waals surface area contributed by atoms with E-state index in [-0.39, 0.29) is 16.7 Å². The molecular formula is C12H12BrN3O2. The molecule has 0 aliphatic carbocycles. The van der Waals surface area contributed by atoms with E-state index in [1.165, 1.54) is 0 Å². The number of rotatable bonds is 3. The standard InChI is InChI=1S/C12H12BrN3O2/c1-7-3-5-9(6-4-7)11-15-16-12(18-11)14-10(17)8(2)13/h3-6,8H,1-2H3,(H,14,16,17). The van der Waals surface area contributed by atoms with Gasteiger partial charge in [-0.2, -0.15) is 0 Å². The van der Waals surface area contributed by atoms with Crippen molar-refractivity contribution in [1.82, 2.24) is 10.2 Å². The number of hydrogen-bond donors (Lipinski definition) is 1. The van der Waals surface area contributed by atoms with E-state index in [0.717, 1.165) is 11.1 Å². The summed E-state index contributed by atoms with van der Waals surface area (Å²) in [6.07, 6.45) is 0. The van der Waals surface area contributed by atoms with Crippen LogP contribution < -0.4 is 5.32 Å². The van der Waals surface area contributed by atoms with Gasteiger partial charge >= 0.3 is 6.01 Å². The molecule has 6 heteroatoms. The van der Waals surface area contributed by atoms with Crippen molar-refractivity contribution < 1.29 is 9.21 Å². The van der Waals surface area contributed by atoms with Crippen LogP contribution in [-0.4, -0.2) is 20.9 Å². The van der Waals surface area contributed by atoms with E-state index >= 15 is 0 Å². The molecule has 0 aliphatic rings. The molecule has 5 nitrogen and oxygen atoms in total. The van der Waals surface area contributed by atoms with Gasteiger partial charge in [-0.1, -0.05) is 38.7 Å². The molecule has 0 saturated carbocycles. The van der Waals surface area contributed by atoms with Crippen LogP contribution in [0.15, 0.2) is 28.7 Å². The number of aromatic nitrogens is 2. The van der Waals surface area contributed by atoms with Gasteiger partial charge in [0.2, 0.25) is 11.8 Å². The first-order valence-electron chi connectivity index (χ1n) is 5.42. The number of hydrogen-bond acceptors (Lipinski definition) is 4. The Hall–Kier alpha value is -1.69. The number of halogens is 1. The summed E-state index contributed by atoms with van der Waals surface area (Å²) in [4.78, 5) is 11.1. The topological polar surface area (TPSA) is 68.0 Å². The molecule has 0 aliphatic heterocycles. The van der Waals surface area contributed by atoms with E-state index in [1.807, 2.05) is 31.2 Å². The van der Waals surface area contributed by atoms with Gasteiger partial charge in [-0.25, -0.2) is 0 Å². The molecule has 1 unspecified atom stereocenters. The van der Waals surface area contributed by atoms with Gasteiger partial charge in [-0.3, -0.25) is 10.1 Å². The number of anilines is 1. The average molecular weight is 310 g/mol. The van der Waals surface area contributed by atoms with Gasteiger partial charge in [-0.15, -0.1) is 5.10 Å². The summed E-state index contributed by atoms with van der Waals surface area (Å²) in [5.41, 5.74) is 1.97. The van der Waals surface area contributed by atoms with Gasteiger partial charge in [-0.05, 0) is 26.0 Å². The lowest BCUT2D eigenvalue weighted by Gasteiger charge is -2.00. The number of nitrogens with zero attached hydrogens (tertiary/aromatic N) is 2. The third-order valence-electron chi connectivity index (χ3n) is 2.31. The van der Waals surface area contributed by atoms with Crippen molar-refractivity contribution in [2.45, 2.75) is 18.7 Å². The second-order valence-electron chi connectivity index (χ2n) is 3.88. The van der Waals surface area contributed by atoms with Crippen LogP contribution in [0.4, 0.5) is 6.01 Å². The number of alkyl halides is 1. The van der Waals surface area contributed by atoms with E-state index in [0.29, 0.717) is 5.89 Å². The zero-order valence-electron chi connectivity index (χ0n) is 9.98. The molecule has 18 heavy (non-hydrogen) atoms. The van der Waals surface area contributed by atoms with Gasteiger partial charge in [0.1, 0.15) is 0 Å². The molecule has 0 bridgehead atoms.